The van der Waals surface area contributed by atoms with Gasteiger partial charge in [-0.3, -0.25) is 9.78 Å². The fraction of sp³-hybridized carbons (Fsp3) is 0.529. The van der Waals surface area contributed by atoms with E-state index in [0.717, 1.165) is 19.3 Å². The Morgan fingerprint density at radius 3 is 2.78 bits per heavy atom. The largest absolute Gasteiger partial charge is 0.448 e. The first-order chi connectivity index (χ1) is 11.1. The van der Waals surface area contributed by atoms with E-state index in [-0.39, 0.29) is 11.6 Å². The van der Waals surface area contributed by atoms with Crippen molar-refractivity contribution in [2.75, 3.05) is 6.54 Å². The van der Waals surface area contributed by atoms with E-state index in [1.165, 1.54) is 30.8 Å². The predicted molar refractivity (Wildman–Crippen MR) is 85.8 cm³/mol. The van der Waals surface area contributed by atoms with Crippen LogP contribution in [-0.4, -0.2) is 34.5 Å². The van der Waals surface area contributed by atoms with Crippen LogP contribution in [0.2, 0.25) is 0 Å². The molecule has 1 aromatic heterocycles. The van der Waals surface area contributed by atoms with Gasteiger partial charge in [-0.2, -0.15) is 0 Å². The zero-order chi connectivity index (χ0) is 16.7. The summed E-state index contributed by atoms with van der Waals surface area (Å²) in [6.07, 6.45) is 9.82. The number of amides is 1. The van der Waals surface area contributed by atoms with Gasteiger partial charge >= 0.3 is 5.97 Å². The van der Waals surface area contributed by atoms with Crippen LogP contribution in [0.1, 0.15) is 55.2 Å². The Morgan fingerprint density at radius 2 is 2.13 bits per heavy atom. The number of allylic oxidation sites excluding steroid dienone is 1. The first kappa shape index (κ1) is 17.1. The minimum absolute atomic E-state index is 0.0996. The lowest BCUT2D eigenvalue weighted by molar-refractivity contribution is -0.129. The number of aromatic nitrogens is 2. The van der Waals surface area contributed by atoms with Gasteiger partial charge in [-0.05, 0) is 46.0 Å². The summed E-state index contributed by atoms with van der Waals surface area (Å²) < 4.78 is 5.11. The highest BCUT2D eigenvalue weighted by molar-refractivity contribution is 5.90. The highest BCUT2D eigenvalue weighted by Gasteiger charge is 2.19. The Hall–Kier alpha value is -2.24. The maximum Gasteiger partial charge on any atom is 0.359 e. The average Bonchev–Trinajstić information content (AvgIpc) is 2.56. The highest BCUT2D eigenvalue weighted by atomic mass is 16.5. The number of carbonyl (C=O) groups excluding carboxylic acids is 2. The van der Waals surface area contributed by atoms with Crippen molar-refractivity contribution in [1.82, 2.24) is 15.3 Å². The van der Waals surface area contributed by atoms with E-state index in [1.807, 2.05) is 0 Å². The van der Waals surface area contributed by atoms with Crippen molar-refractivity contribution >= 4 is 11.9 Å². The number of nitrogens with zero attached hydrogens (tertiary/aromatic N) is 2. The fourth-order valence-corrected chi connectivity index (χ4v) is 2.39. The van der Waals surface area contributed by atoms with Crippen LogP contribution < -0.4 is 5.32 Å². The number of ether oxygens (including phenoxy) is 1. The molecular formula is C17H23N3O3. The van der Waals surface area contributed by atoms with E-state index in [1.54, 1.807) is 13.8 Å². The summed E-state index contributed by atoms with van der Waals surface area (Å²) in [5.41, 5.74) is 2.21. The van der Waals surface area contributed by atoms with Crippen molar-refractivity contribution in [2.24, 2.45) is 0 Å². The van der Waals surface area contributed by atoms with Gasteiger partial charge in [0, 0.05) is 12.7 Å². The highest BCUT2D eigenvalue weighted by Crippen LogP contribution is 2.19. The Balaban J connectivity index is 1.74. The molecule has 23 heavy (non-hydrogen) atoms. The van der Waals surface area contributed by atoms with Crippen LogP contribution in [0, 0.1) is 6.92 Å². The molecule has 1 aliphatic carbocycles. The van der Waals surface area contributed by atoms with Crippen LogP contribution in [0.5, 0.6) is 0 Å². The summed E-state index contributed by atoms with van der Waals surface area (Å²) in [4.78, 5) is 31.8. The lowest BCUT2D eigenvalue weighted by Gasteiger charge is -2.15. The van der Waals surface area contributed by atoms with Crippen LogP contribution in [0.25, 0.3) is 0 Å². The third-order valence-corrected chi connectivity index (χ3v) is 3.77. The van der Waals surface area contributed by atoms with Gasteiger partial charge in [-0.25, -0.2) is 9.78 Å². The van der Waals surface area contributed by atoms with Crippen LogP contribution in [-0.2, 0) is 9.53 Å². The molecule has 6 heteroatoms. The minimum Gasteiger partial charge on any atom is -0.448 e. The number of carbonyl (C=O) groups is 2. The third kappa shape index (κ3) is 5.47. The van der Waals surface area contributed by atoms with Crippen molar-refractivity contribution in [1.29, 1.82) is 0 Å². The molecule has 124 valence electrons. The SMILES string of the molecule is Cc1cnc(C(=O)OC(C)C(=O)NCCC2=CCCCC2)cn1. The summed E-state index contributed by atoms with van der Waals surface area (Å²) in [6.45, 7) is 3.89. The van der Waals surface area contributed by atoms with Crippen molar-refractivity contribution in [3.63, 3.8) is 0 Å². The van der Waals surface area contributed by atoms with Gasteiger partial charge < -0.3 is 10.1 Å². The summed E-state index contributed by atoms with van der Waals surface area (Å²) in [5.74, 6) is -0.940. The average molecular weight is 317 g/mol. The van der Waals surface area contributed by atoms with E-state index in [0.29, 0.717) is 12.2 Å². The van der Waals surface area contributed by atoms with Gasteiger partial charge in [0.15, 0.2) is 11.8 Å². The van der Waals surface area contributed by atoms with Crippen molar-refractivity contribution in [2.45, 2.75) is 52.1 Å². The first-order valence-corrected chi connectivity index (χ1v) is 8.01. The van der Waals surface area contributed by atoms with Crippen molar-refractivity contribution < 1.29 is 14.3 Å². The molecule has 0 spiro atoms. The number of hydrogen-bond acceptors (Lipinski definition) is 5. The molecule has 0 aliphatic heterocycles. The zero-order valence-electron chi connectivity index (χ0n) is 13.7. The molecule has 0 saturated carbocycles. The Bertz CT molecular complexity index is 581. The second-order valence-electron chi connectivity index (χ2n) is 5.74. The molecule has 0 saturated heterocycles. The molecule has 1 heterocycles. The topological polar surface area (TPSA) is 81.2 Å². The van der Waals surface area contributed by atoms with Crippen molar-refractivity contribution in [3.05, 3.63) is 35.4 Å². The summed E-state index contributed by atoms with van der Waals surface area (Å²) >= 11 is 0. The molecule has 2 rings (SSSR count). The van der Waals surface area contributed by atoms with Crippen LogP contribution in [0.3, 0.4) is 0 Å². The second-order valence-corrected chi connectivity index (χ2v) is 5.74. The summed E-state index contributed by atoms with van der Waals surface area (Å²) in [7, 11) is 0. The standard InChI is InChI=1S/C17H23N3O3/c1-12-10-20-15(11-19-12)17(22)23-13(2)16(21)18-9-8-14-6-4-3-5-7-14/h6,10-11,13H,3-5,7-9H2,1-2H3,(H,18,21). The van der Waals surface area contributed by atoms with E-state index < -0.39 is 12.1 Å². The Labute approximate surface area is 136 Å². The number of esters is 1. The quantitative estimate of drug-likeness (QED) is 0.643. The third-order valence-electron chi connectivity index (χ3n) is 3.77. The van der Waals surface area contributed by atoms with Gasteiger partial charge in [0.25, 0.3) is 5.91 Å². The van der Waals surface area contributed by atoms with Crippen molar-refractivity contribution in [3.8, 4) is 0 Å². The van der Waals surface area contributed by atoms with Gasteiger partial charge in [0.1, 0.15) is 0 Å². The molecule has 1 N–H and O–H groups in total. The monoisotopic (exact) mass is 317 g/mol. The number of rotatable bonds is 6. The second kappa shape index (κ2) is 8.41. The number of nitrogens with one attached hydrogen (secondary N) is 1. The predicted octanol–water partition coefficient (Wildman–Crippen LogP) is 2.34. The molecule has 1 atom stereocenters. The van der Waals surface area contributed by atoms with Crippen LogP contribution in [0.4, 0.5) is 0 Å². The minimum atomic E-state index is -0.856. The molecule has 0 bridgehead atoms. The maximum atomic E-state index is 12.0. The summed E-state index contributed by atoms with van der Waals surface area (Å²) in [6, 6.07) is 0. The summed E-state index contributed by atoms with van der Waals surface area (Å²) in [5, 5.41) is 2.80. The van der Waals surface area contributed by atoms with Gasteiger partial charge in [0.2, 0.25) is 0 Å². The molecule has 0 aromatic carbocycles. The first-order valence-electron chi connectivity index (χ1n) is 8.01. The van der Waals surface area contributed by atoms with E-state index >= 15 is 0 Å². The lowest BCUT2D eigenvalue weighted by Crippen LogP contribution is -2.36. The number of hydrogen-bond donors (Lipinski definition) is 1. The molecule has 1 amide bonds. The van der Waals surface area contributed by atoms with Crippen LogP contribution >= 0.6 is 0 Å². The molecule has 1 aliphatic rings. The molecule has 0 radical (unpaired) electrons. The molecule has 1 unspecified atom stereocenters. The van der Waals surface area contributed by atoms with Gasteiger partial charge in [-0.1, -0.05) is 11.6 Å². The lowest BCUT2D eigenvalue weighted by atomic mass is 9.97. The normalized spacial score (nSPS) is 15.5. The number of aryl methyl sites for hydroxylation is 1. The van der Waals surface area contributed by atoms with Gasteiger partial charge in [0.05, 0.1) is 11.9 Å². The van der Waals surface area contributed by atoms with E-state index in [2.05, 4.69) is 21.4 Å². The van der Waals surface area contributed by atoms with E-state index in [4.69, 9.17) is 4.74 Å². The molecule has 1 aromatic rings. The van der Waals surface area contributed by atoms with Crippen LogP contribution in [0.15, 0.2) is 24.0 Å². The maximum absolute atomic E-state index is 12.0. The molecule has 0 fully saturated rings. The Kier molecular flexibility index (Phi) is 6.26. The Morgan fingerprint density at radius 1 is 1.30 bits per heavy atom. The fourth-order valence-electron chi connectivity index (χ4n) is 2.39. The van der Waals surface area contributed by atoms with E-state index in [9.17, 15) is 9.59 Å². The zero-order valence-corrected chi connectivity index (χ0v) is 13.7. The van der Waals surface area contributed by atoms with Gasteiger partial charge in [-0.15, -0.1) is 0 Å². The smallest absolute Gasteiger partial charge is 0.359 e. The molecular weight excluding hydrogens is 294 g/mol. The molecule has 6 nitrogen and oxygen atoms in total.